The molecule has 0 bridgehead atoms. The largest absolute Gasteiger partial charge is 0.445 e. The summed E-state index contributed by atoms with van der Waals surface area (Å²) in [4.78, 5) is 12.6. The average Bonchev–Trinajstić information content (AvgIpc) is 3.31. The van der Waals surface area contributed by atoms with Gasteiger partial charge >= 0.3 is 0 Å². The van der Waals surface area contributed by atoms with E-state index in [9.17, 15) is 4.79 Å². The first-order valence-electron chi connectivity index (χ1n) is 10.5. The van der Waals surface area contributed by atoms with E-state index < -0.39 is 41.9 Å². The molecule has 4 aliphatic rings. The first-order chi connectivity index (χ1) is 13.6. The minimum atomic E-state index is -1.29. The van der Waals surface area contributed by atoms with Gasteiger partial charge in [-0.1, -0.05) is 19.8 Å². The molecule has 3 fully saturated rings. The summed E-state index contributed by atoms with van der Waals surface area (Å²) < 4.78 is 36.6. The zero-order valence-corrected chi connectivity index (χ0v) is 18.1. The second-order valence-electron chi connectivity index (χ2n) is 8.98. The van der Waals surface area contributed by atoms with Gasteiger partial charge in [0.25, 0.3) is 5.72 Å². The van der Waals surface area contributed by atoms with Crippen LogP contribution < -0.4 is 0 Å². The van der Waals surface area contributed by atoms with E-state index in [4.69, 9.17) is 28.4 Å². The van der Waals surface area contributed by atoms with Gasteiger partial charge in [0.1, 0.15) is 6.10 Å². The molecule has 29 heavy (non-hydrogen) atoms. The van der Waals surface area contributed by atoms with Crippen LogP contribution in [0.5, 0.6) is 0 Å². The van der Waals surface area contributed by atoms with Crippen LogP contribution in [0.3, 0.4) is 0 Å². The quantitative estimate of drug-likeness (QED) is 0.641. The lowest BCUT2D eigenvalue weighted by molar-refractivity contribution is -0.262. The van der Waals surface area contributed by atoms with Gasteiger partial charge in [0, 0.05) is 13.3 Å². The lowest BCUT2D eigenvalue weighted by Gasteiger charge is -2.39. The van der Waals surface area contributed by atoms with Crippen molar-refractivity contribution in [2.24, 2.45) is 5.10 Å². The van der Waals surface area contributed by atoms with Gasteiger partial charge in [0.2, 0.25) is 11.8 Å². The molecule has 0 N–H and O–H groups in total. The van der Waals surface area contributed by atoms with Crippen molar-refractivity contribution in [1.29, 1.82) is 0 Å². The maximum atomic E-state index is 12.6. The highest BCUT2D eigenvalue weighted by Crippen LogP contribution is 2.51. The molecule has 0 aromatic rings. The molecule has 0 aliphatic carbocycles. The van der Waals surface area contributed by atoms with E-state index >= 15 is 0 Å². The Bertz CT molecular complexity index is 694. The molecule has 0 saturated carbocycles. The van der Waals surface area contributed by atoms with Crippen molar-refractivity contribution >= 4 is 11.8 Å². The van der Waals surface area contributed by atoms with Crippen LogP contribution in [-0.2, 0) is 33.2 Å². The fourth-order valence-electron chi connectivity index (χ4n) is 4.47. The molecular formula is C20H32N2O7. The van der Waals surface area contributed by atoms with Crippen molar-refractivity contribution in [2.75, 3.05) is 6.61 Å². The number of hydrazone groups is 1. The second kappa shape index (κ2) is 7.16. The van der Waals surface area contributed by atoms with Crippen molar-refractivity contribution in [1.82, 2.24) is 5.01 Å². The first-order valence-corrected chi connectivity index (χ1v) is 10.5. The van der Waals surface area contributed by atoms with Crippen molar-refractivity contribution < 1.29 is 33.2 Å². The Morgan fingerprint density at radius 3 is 2.48 bits per heavy atom. The molecule has 4 heterocycles. The van der Waals surface area contributed by atoms with Crippen molar-refractivity contribution in [3.8, 4) is 0 Å². The molecule has 0 aromatic heterocycles. The van der Waals surface area contributed by atoms with Crippen LogP contribution in [0.15, 0.2) is 5.10 Å². The molecule has 1 spiro atoms. The highest BCUT2D eigenvalue weighted by atomic mass is 16.9. The molecule has 0 aromatic carbocycles. The van der Waals surface area contributed by atoms with E-state index in [1.807, 2.05) is 27.7 Å². The van der Waals surface area contributed by atoms with Crippen LogP contribution in [0.4, 0.5) is 0 Å². The molecule has 9 heteroatoms. The Morgan fingerprint density at radius 2 is 1.86 bits per heavy atom. The number of nitrogens with zero attached hydrogens (tertiary/aromatic N) is 2. The average molecular weight is 412 g/mol. The molecule has 1 amide bonds. The Morgan fingerprint density at radius 1 is 1.10 bits per heavy atom. The van der Waals surface area contributed by atoms with Gasteiger partial charge in [0.15, 0.2) is 30.1 Å². The number of rotatable bonds is 5. The second-order valence-corrected chi connectivity index (χ2v) is 8.98. The maximum absolute atomic E-state index is 12.6. The van der Waals surface area contributed by atoms with Gasteiger partial charge < -0.3 is 28.4 Å². The molecule has 3 saturated heterocycles. The summed E-state index contributed by atoms with van der Waals surface area (Å²) in [5, 5.41) is 5.89. The predicted molar refractivity (Wildman–Crippen MR) is 102 cm³/mol. The van der Waals surface area contributed by atoms with Gasteiger partial charge in [-0.05, 0) is 34.1 Å². The minimum Gasteiger partial charge on any atom is -0.445 e. The van der Waals surface area contributed by atoms with Crippen LogP contribution in [0.25, 0.3) is 0 Å². The highest BCUT2D eigenvalue weighted by Gasteiger charge is 2.73. The van der Waals surface area contributed by atoms with Gasteiger partial charge in [-0.3, -0.25) is 4.79 Å². The Balaban J connectivity index is 1.67. The Labute approximate surface area is 171 Å². The smallest absolute Gasteiger partial charge is 0.266 e. The Kier molecular flexibility index (Phi) is 5.18. The highest BCUT2D eigenvalue weighted by molar-refractivity contribution is 5.83. The number of fused-ring (bicyclic) bond motifs is 2. The fourth-order valence-corrected chi connectivity index (χ4v) is 4.47. The molecular weight excluding hydrogens is 380 g/mol. The first kappa shape index (κ1) is 21.0. The summed E-state index contributed by atoms with van der Waals surface area (Å²) in [6, 6.07) is 0. The predicted octanol–water partition coefficient (Wildman–Crippen LogP) is 2.48. The molecule has 0 unspecified atom stereocenters. The lowest BCUT2D eigenvalue weighted by atomic mass is 9.97. The molecule has 4 aliphatic heterocycles. The van der Waals surface area contributed by atoms with Crippen molar-refractivity contribution in [2.45, 2.75) is 109 Å². The Hall–Kier alpha value is -1.26. The number of amides is 1. The topological polar surface area (TPSA) is 88.1 Å². The summed E-state index contributed by atoms with van der Waals surface area (Å²) in [7, 11) is 0. The van der Waals surface area contributed by atoms with Gasteiger partial charge in [0.05, 0.1) is 6.61 Å². The lowest BCUT2D eigenvalue weighted by Crippen LogP contribution is -2.63. The number of carbonyl (C=O) groups excluding carboxylic acids is 1. The molecule has 5 atom stereocenters. The van der Waals surface area contributed by atoms with E-state index in [2.05, 4.69) is 12.0 Å². The summed E-state index contributed by atoms with van der Waals surface area (Å²) in [6.07, 6.45) is 1.21. The molecule has 164 valence electrons. The van der Waals surface area contributed by atoms with E-state index in [1.165, 1.54) is 11.9 Å². The summed E-state index contributed by atoms with van der Waals surface area (Å²) in [6.45, 7) is 11.2. The SMILES string of the molecule is CCCCCC1=NN(C(C)=O)[C@@]2(O1)[C@@H]([C@H]1COC(C)(C)O1)O[C@@H]1OC(C)(C)O[C@@H]12. The summed E-state index contributed by atoms with van der Waals surface area (Å²) in [5.74, 6) is -1.36. The van der Waals surface area contributed by atoms with E-state index in [1.54, 1.807) is 0 Å². The normalized spacial score (nSPS) is 39.7. The monoisotopic (exact) mass is 412 g/mol. The number of ether oxygens (including phenoxy) is 6. The van der Waals surface area contributed by atoms with Crippen LogP contribution in [0.2, 0.25) is 0 Å². The minimum absolute atomic E-state index is 0.253. The zero-order valence-electron chi connectivity index (χ0n) is 18.1. The van der Waals surface area contributed by atoms with Crippen molar-refractivity contribution in [3.63, 3.8) is 0 Å². The van der Waals surface area contributed by atoms with E-state index in [0.717, 1.165) is 19.3 Å². The number of unbranched alkanes of at least 4 members (excludes halogenated alkanes) is 2. The van der Waals surface area contributed by atoms with E-state index in [-0.39, 0.29) is 5.91 Å². The number of hydrogen-bond donors (Lipinski definition) is 0. The summed E-state index contributed by atoms with van der Waals surface area (Å²) in [5.41, 5.74) is -1.29. The standard InChI is InChI=1S/C20H32N2O7/c1-7-8-9-10-14-21-22(12(2)23)20(27-14)15(13-11-24-18(3,4)26-13)25-17-16(20)28-19(5,6)29-17/h13,15-17H,7-11H2,1-6H3/t13-,15-,16+,17-,20-/m1/s1. The molecule has 0 radical (unpaired) electrons. The van der Waals surface area contributed by atoms with Crippen LogP contribution in [0, 0.1) is 0 Å². The maximum Gasteiger partial charge on any atom is 0.266 e. The number of hydrogen-bond acceptors (Lipinski definition) is 8. The zero-order chi connectivity index (χ0) is 21.0. The van der Waals surface area contributed by atoms with Gasteiger partial charge in [-0.2, -0.15) is 5.01 Å². The summed E-state index contributed by atoms with van der Waals surface area (Å²) >= 11 is 0. The van der Waals surface area contributed by atoms with Gasteiger partial charge in [-0.25, -0.2) is 0 Å². The molecule has 9 nitrogen and oxygen atoms in total. The third-order valence-electron chi connectivity index (χ3n) is 5.64. The van der Waals surface area contributed by atoms with E-state index in [0.29, 0.717) is 18.9 Å². The van der Waals surface area contributed by atoms with Crippen LogP contribution >= 0.6 is 0 Å². The van der Waals surface area contributed by atoms with Gasteiger partial charge in [-0.15, -0.1) is 5.10 Å². The fraction of sp³-hybridized carbons (Fsp3) is 0.900. The van der Waals surface area contributed by atoms with Crippen LogP contribution in [0.1, 0.15) is 67.2 Å². The third kappa shape index (κ3) is 3.57. The molecule has 4 rings (SSSR count). The van der Waals surface area contributed by atoms with Crippen LogP contribution in [-0.4, -0.2) is 65.3 Å². The van der Waals surface area contributed by atoms with Crippen molar-refractivity contribution in [3.05, 3.63) is 0 Å². The number of carbonyl (C=O) groups is 1. The third-order valence-corrected chi connectivity index (χ3v) is 5.64.